The van der Waals surface area contributed by atoms with Gasteiger partial charge in [0.05, 0.1) is 5.60 Å². The highest BCUT2D eigenvalue weighted by Crippen LogP contribution is 2.32. The minimum Gasteiger partial charge on any atom is -0.389 e. The predicted octanol–water partition coefficient (Wildman–Crippen LogP) is 0.713. The summed E-state index contributed by atoms with van der Waals surface area (Å²) in [6, 6.07) is 1.02. The van der Waals surface area contributed by atoms with Crippen LogP contribution in [0.2, 0.25) is 0 Å². The number of hydrogen-bond donors (Lipinski definition) is 2. The maximum absolute atomic E-state index is 10.2. The number of hydrogen-bond acceptors (Lipinski definition) is 3. The number of nitrogens with zero attached hydrogens (tertiary/aromatic N) is 1. The fraction of sp³-hybridized carbons (Fsp3) is 1.00. The van der Waals surface area contributed by atoms with Crippen LogP contribution < -0.4 is 5.73 Å². The van der Waals surface area contributed by atoms with Gasteiger partial charge < -0.3 is 15.7 Å². The molecule has 0 heterocycles. The van der Waals surface area contributed by atoms with Crippen molar-refractivity contribution in [3.63, 3.8) is 0 Å². The average molecular weight is 198 g/mol. The van der Waals surface area contributed by atoms with Gasteiger partial charge in [-0.05, 0) is 32.7 Å². The van der Waals surface area contributed by atoms with Crippen LogP contribution >= 0.6 is 0 Å². The molecule has 0 atom stereocenters. The Morgan fingerprint density at radius 2 is 1.93 bits per heavy atom. The van der Waals surface area contributed by atoms with E-state index in [-0.39, 0.29) is 0 Å². The lowest BCUT2D eigenvalue weighted by molar-refractivity contribution is -0.00812. The van der Waals surface area contributed by atoms with Crippen molar-refractivity contribution in [2.24, 2.45) is 5.73 Å². The van der Waals surface area contributed by atoms with Crippen LogP contribution in [0.3, 0.4) is 0 Å². The van der Waals surface area contributed by atoms with Crippen molar-refractivity contribution >= 4 is 0 Å². The summed E-state index contributed by atoms with van der Waals surface area (Å²) in [5.74, 6) is 0. The summed E-state index contributed by atoms with van der Waals surface area (Å²) >= 11 is 0. The lowest BCUT2D eigenvalue weighted by Gasteiger charge is -2.42. The average Bonchev–Trinajstić information content (AvgIpc) is 2.46. The third-order valence-electron chi connectivity index (χ3n) is 3.85. The topological polar surface area (TPSA) is 49.5 Å². The Morgan fingerprint density at radius 3 is 2.43 bits per heavy atom. The van der Waals surface area contributed by atoms with E-state index in [1.54, 1.807) is 0 Å². The zero-order valence-corrected chi connectivity index (χ0v) is 9.08. The first-order valence-electron chi connectivity index (χ1n) is 5.77. The van der Waals surface area contributed by atoms with Gasteiger partial charge in [-0.25, -0.2) is 0 Å². The van der Waals surface area contributed by atoms with Gasteiger partial charge in [-0.3, -0.25) is 0 Å². The zero-order chi connectivity index (χ0) is 10.2. The Morgan fingerprint density at radius 1 is 1.36 bits per heavy atom. The zero-order valence-electron chi connectivity index (χ0n) is 9.08. The molecule has 0 aromatic rings. The van der Waals surface area contributed by atoms with E-state index in [2.05, 4.69) is 11.9 Å². The number of rotatable bonds is 3. The maximum Gasteiger partial charge on any atom is 0.0774 e. The molecule has 82 valence electrons. The second kappa shape index (κ2) is 3.80. The van der Waals surface area contributed by atoms with Crippen molar-refractivity contribution in [2.45, 2.75) is 56.2 Å². The molecule has 2 rings (SSSR count). The van der Waals surface area contributed by atoms with Crippen LogP contribution in [0.25, 0.3) is 0 Å². The van der Waals surface area contributed by atoms with Crippen molar-refractivity contribution in [2.75, 3.05) is 13.6 Å². The minimum atomic E-state index is -0.394. The molecule has 2 aliphatic carbocycles. The first kappa shape index (κ1) is 10.4. The standard InChI is InChI=1S/C11H22N2O/c1-13(10-6-9(12)7-10)8-11(14)4-2-3-5-11/h9-10,14H,2-8,12H2,1H3. The molecule has 3 N–H and O–H groups in total. The first-order valence-corrected chi connectivity index (χ1v) is 5.77. The Balaban J connectivity index is 1.79. The number of nitrogens with two attached hydrogens (primary N) is 1. The molecule has 0 aliphatic heterocycles. The molecule has 2 fully saturated rings. The summed E-state index contributed by atoms with van der Waals surface area (Å²) in [5.41, 5.74) is 5.36. The molecule has 2 saturated carbocycles. The summed E-state index contributed by atoms with van der Waals surface area (Å²) in [4.78, 5) is 2.30. The van der Waals surface area contributed by atoms with Gasteiger partial charge in [0.25, 0.3) is 0 Å². The smallest absolute Gasteiger partial charge is 0.0774 e. The van der Waals surface area contributed by atoms with E-state index in [1.807, 2.05) is 0 Å². The molecular formula is C11H22N2O. The fourth-order valence-corrected chi connectivity index (χ4v) is 2.77. The molecule has 0 unspecified atom stereocenters. The summed E-state index contributed by atoms with van der Waals surface area (Å²) in [6.07, 6.45) is 6.55. The third-order valence-corrected chi connectivity index (χ3v) is 3.85. The van der Waals surface area contributed by atoms with Crippen molar-refractivity contribution in [1.29, 1.82) is 0 Å². The maximum atomic E-state index is 10.2. The van der Waals surface area contributed by atoms with Crippen LogP contribution in [0.5, 0.6) is 0 Å². The quantitative estimate of drug-likeness (QED) is 0.702. The number of likely N-dealkylation sites (N-methyl/N-ethyl adjacent to an activating group) is 1. The van der Waals surface area contributed by atoms with Crippen molar-refractivity contribution in [3.8, 4) is 0 Å². The molecule has 0 radical (unpaired) electrons. The second-order valence-corrected chi connectivity index (χ2v) is 5.23. The molecule has 2 aliphatic rings. The van der Waals surface area contributed by atoms with Gasteiger partial charge in [0.15, 0.2) is 0 Å². The lowest BCUT2D eigenvalue weighted by Crippen LogP contribution is -2.53. The first-order chi connectivity index (χ1) is 6.59. The minimum absolute atomic E-state index is 0.394. The van der Waals surface area contributed by atoms with E-state index < -0.39 is 5.60 Å². The van der Waals surface area contributed by atoms with Gasteiger partial charge in [-0.1, -0.05) is 12.8 Å². The van der Waals surface area contributed by atoms with Crippen molar-refractivity contribution in [1.82, 2.24) is 4.90 Å². The van der Waals surface area contributed by atoms with Crippen LogP contribution in [0.4, 0.5) is 0 Å². The molecule has 3 nitrogen and oxygen atoms in total. The van der Waals surface area contributed by atoms with Crippen LogP contribution in [0.15, 0.2) is 0 Å². The fourth-order valence-electron chi connectivity index (χ4n) is 2.77. The van der Waals surface area contributed by atoms with E-state index in [0.717, 1.165) is 32.2 Å². The van der Waals surface area contributed by atoms with Crippen molar-refractivity contribution in [3.05, 3.63) is 0 Å². The van der Waals surface area contributed by atoms with Gasteiger partial charge in [0.2, 0.25) is 0 Å². The Bertz CT molecular complexity index is 195. The normalized spacial score (nSPS) is 36.0. The van der Waals surface area contributed by atoms with E-state index in [0.29, 0.717) is 12.1 Å². The molecule has 0 aromatic carbocycles. The summed E-state index contributed by atoms with van der Waals surface area (Å²) in [6.45, 7) is 0.838. The van der Waals surface area contributed by atoms with Crippen LogP contribution in [-0.2, 0) is 0 Å². The monoisotopic (exact) mass is 198 g/mol. The van der Waals surface area contributed by atoms with E-state index in [4.69, 9.17) is 5.73 Å². The van der Waals surface area contributed by atoms with E-state index in [9.17, 15) is 5.11 Å². The molecule has 0 saturated heterocycles. The molecule has 3 heteroatoms. The van der Waals surface area contributed by atoms with Gasteiger partial charge >= 0.3 is 0 Å². The Labute approximate surface area is 86.3 Å². The van der Waals surface area contributed by atoms with E-state index >= 15 is 0 Å². The molecule has 0 aromatic heterocycles. The molecular weight excluding hydrogens is 176 g/mol. The second-order valence-electron chi connectivity index (χ2n) is 5.23. The third kappa shape index (κ3) is 2.10. The Kier molecular flexibility index (Phi) is 2.82. The largest absolute Gasteiger partial charge is 0.389 e. The van der Waals surface area contributed by atoms with Gasteiger partial charge in [0, 0.05) is 18.6 Å². The van der Waals surface area contributed by atoms with Crippen LogP contribution in [0, 0.1) is 0 Å². The molecule has 0 amide bonds. The van der Waals surface area contributed by atoms with Crippen LogP contribution in [0.1, 0.15) is 38.5 Å². The van der Waals surface area contributed by atoms with Crippen molar-refractivity contribution < 1.29 is 5.11 Å². The lowest BCUT2D eigenvalue weighted by atomic mass is 9.85. The summed E-state index contributed by atoms with van der Waals surface area (Å²) in [5, 5.41) is 10.2. The highest BCUT2D eigenvalue weighted by atomic mass is 16.3. The molecule has 0 spiro atoms. The summed E-state index contributed by atoms with van der Waals surface area (Å²) in [7, 11) is 2.12. The predicted molar refractivity (Wildman–Crippen MR) is 57.0 cm³/mol. The number of aliphatic hydroxyl groups is 1. The van der Waals surface area contributed by atoms with E-state index in [1.165, 1.54) is 12.8 Å². The highest BCUT2D eigenvalue weighted by Gasteiger charge is 2.36. The van der Waals surface area contributed by atoms with Gasteiger partial charge in [-0.15, -0.1) is 0 Å². The van der Waals surface area contributed by atoms with Crippen LogP contribution in [-0.4, -0.2) is 41.3 Å². The Hall–Kier alpha value is -0.120. The summed E-state index contributed by atoms with van der Waals surface area (Å²) < 4.78 is 0. The molecule has 14 heavy (non-hydrogen) atoms. The molecule has 0 bridgehead atoms. The van der Waals surface area contributed by atoms with Gasteiger partial charge in [0.1, 0.15) is 0 Å². The van der Waals surface area contributed by atoms with Gasteiger partial charge in [-0.2, -0.15) is 0 Å². The highest BCUT2D eigenvalue weighted by molar-refractivity contribution is 4.93. The SMILES string of the molecule is CN(CC1(O)CCCC1)C1CC(N)C1.